The SMILES string of the molecule is COc1ccc(F)c(-c2ccc(COc3cccc(CCC(=O)O)c3)cc2COCC=C(C)C)c1. The van der Waals surface area contributed by atoms with Gasteiger partial charge in [0.25, 0.3) is 0 Å². The quantitative estimate of drug-likeness (QED) is 0.235. The first-order chi connectivity index (χ1) is 16.9. The van der Waals surface area contributed by atoms with E-state index in [1.54, 1.807) is 19.2 Å². The molecular formula is C29H31FO5. The lowest BCUT2D eigenvalue weighted by Crippen LogP contribution is -2.02. The van der Waals surface area contributed by atoms with Crippen LogP contribution in [0.1, 0.15) is 37.0 Å². The van der Waals surface area contributed by atoms with E-state index in [0.29, 0.717) is 43.3 Å². The van der Waals surface area contributed by atoms with Crippen molar-refractivity contribution < 1.29 is 28.5 Å². The van der Waals surface area contributed by atoms with Crippen molar-refractivity contribution in [3.8, 4) is 22.6 Å². The van der Waals surface area contributed by atoms with Crippen LogP contribution in [-0.4, -0.2) is 24.8 Å². The first-order valence-corrected chi connectivity index (χ1v) is 11.5. The molecule has 0 heterocycles. The molecule has 0 fully saturated rings. The summed E-state index contributed by atoms with van der Waals surface area (Å²) in [5.74, 6) is 0.0758. The van der Waals surface area contributed by atoms with Gasteiger partial charge in [0.1, 0.15) is 23.9 Å². The second kappa shape index (κ2) is 12.7. The van der Waals surface area contributed by atoms with Crippen LogP contribution in [0.25, 0.3) is 11.1 Å². The van der Waals surface area contributed by atoms with Gasteiger partial charge in [-0.25, -0.2) is 4.39 Å². The molecule has 6 heteroatoms. The van der Waals surface area contributed by atoms with Crippen LogP contribution in [0.4, 0.5) is 4.39 Å². The molecule has 0 aliphatic heterocycles. The van der Waals surface area contributed by atoms with Crippen molar-refractivity contribution in [2.45, 2.75) is 39.9 Å². The number of aryl methyl sites for hydroxylation is 1. The molecule has 0 radical (unpaired) electrons. The highest BCUT2D eigenvalue weighted by molar-refractivity contribution is 5.70. The minimum atomic E-state index is -0.830. The van der Waals surface area contributed by atoms with Gasteiger partial charge in [0.05, 0.1) is 20.3 Å². The summed E-state index contributed by atoms with van der Waals surface area (Å²) in [6, 6.07) is 17.8. The molecule has 0 aliphatic rings. The van der Waals surface area contributed by atoms with Crippen LogP contribution < -0.4 is 9.47 Å². The lowest BCUT2D eigenvalue weighted by molar-refractivity contribution is -0.136. The normalized spacial score (nSPS) is 10.6. The number of methoxy groups -OCH3 is 1. The molecule has 0 unspecified atom stereocenters. The fourth-order valence-corrected chi connectivity index (χ4v) is 3.56. The van der Waals surface area contributed by atoms with Crippen molar-refractivity contribution in [3.05, 3.63) is 94.8 Å². The Labute approximate surface area is 205 Å². The van der Waals surface area contributed by atoms with Gasteiger partial charge in [0.2, 0.25) is 0 Å². The van der Waals surface area contributed by atoms with Crippen LogP contribution >= 0.6 is 0 Å². The van der Waals surface area contributed by atoms with Crippen LogP contribution in [0.15, 0.2) is 72.3 Å². The molecule has 0 bridgehead atoms. The number of hydrogen-bond donors (Lipinski definition) is 1. The van der Waals surface area contributed by atoms with Crippen molar-refractivity contribution in [2.24, 2.45) is 0 Å². The van der Waals surface area contributed by atoms with E-state index in [2.05, 4.69) is 0 Å². The summed E-state index contributed by atoms with van der Waals surface area (Å²) in [5, 5.41) is 8.90. The Morgan fingerprint density at radius 3 is 2.51 bits per heavy atom. The van der Waals surface area contributed by atoms with Gasteiger partial charge in [-0.15, -0.1) is 0 Å². The molecule has 3 aromatic rings. The van der Waals surface area contributed by atoms with Gasteiger partial charge in [-0.2, -0.15) is 0 Å². The molecule has 0 aliphatic carbocycles. The third-order valence-corrected chi connectivity index (χ3v) is 5.43. The largest absolute Gasteiger partial charge is 0.497 e. The number of benzene rings is 3. The number of allylic oxidation sites excluding steroid dienone is 1. The molecule has 0 saturated carbocycles. The minimum absolute atomic E-state index is 0.0713. The Kier molecular flexibility index (Phi) is 9.44. The number of aliphatic carboxylic acids is 1. The minimum Gasteiger partial charge on any atom is -0.497 e. The highest BCUT2D eigenvalue weighted by Gasteiger charge is 2.13. The standard InChI is InChI=1S/C29H31FO5/c1-20(2)13-14-34-19-23-15-22(7-10-26(23)27-17-24(33-3)9-11-28(27)30)18-35-25-6-4-5-21(16-25)8-12-29(31)32/h4-7,9-11,13,15-17H,8,12,14,18-19H2,1-3H3,(H,31,32). The maximum atomic E-state index is 14.7. The Morgan fingerprint density at radius 2 is 1.77 bits per heavy atom. The summed E-state index contributed by atoms with van der Waals surface area (Å²) in [5.41, 5.74) is 5.00. The summed E-state index contributed by atoms with van der Waals surface area (Å²) in [6.45, 7) is 5.11. The van der Waals surface area contributed by atoms with Gasteiger partial charge in [0.15, 0.2) is 0 Å². The fourth-order valence-electron chi connectivity index (χ4n) is 3.56. The highest BCUT2D eigenvalue weighted by Crippen LogP contribution is 2.31. The number of ether oxygens (including phenoxy) is 3. The zero-order valence-corrected chi connectivity index (χ0v) is 20.3. The Hall–Kier alpha value is -3.64. The summed E-state index contributed by atoms with van der Waals surface area (Å²) in [7, 11) is 1.55. The van der Waals surface area contributed by atoms with Gasteiger partial charge < -0.3 is 19.3 Å². The van der Waals surface area contributed by atoms with Crippen LogP contribution in [0, 0.1) is 5.82 Å². The molecule has 0 saturated heterocycles. The number of rotatable bonds is 12. The molecule has 35 heavy (non-hydrogen) atoms. The molecule has 184 valence electrons. The molecule has 3 aromatic carbocycles. The molecule has 0 atom stereocenters. The smallest absolute Gasteiger partial charge is 0.303 e. The van der Waals surface area contributed by atoms with E-state index in [4.69, 9.17) is 19.3 Å². The van der Waals surface area contributed by atoms with Crippen LogP contribution in [0.5, 0.6) is 11.5 Å². The van der Waals surface area contributed by atoms with Crippen molar-refractivity contribution in [2.75, 3.05) is 13.7 Å². The Balaban J connectivity index is 1.81. The number of halogens is 1. The second-order valence-electron chi connectivity index (χ2n) is 8.46. The van der Waals surface area contributed by atoms with E-state index in [-0.39, 0.29) is 12.2 Å². The van der Waals surface area contributed by atoms with E-state index in [9.17, 15) is 9.18 Å². The third-order valence-electron chi connectivity index (χ3n) is 5.43. The first kappa shape index (κ1) is 26.0. The maximum Gasteiger partial charge on any atom is 0.303 e. The lowest BCUT2D eigenvalue weighted by Gasteiger charge is -2.15. The average Bonchev–Trinajstić information content (AvgIpc) is 2.85. The van der Waals surface area contributed by atoms with E-state index in [0.717, 1.165) is 27.8 Å². The van der Waals surface area contributed by atoms with Crippen molar-refractivity contribution in [1.29, 1.82) is 0 Å². The Bertz CT molecular complexity index is 1180. The summed E-state index contributed by atoms with van der Waals surface area (Å²) in [6.07, 6.45) is 2.51. The zero-order valence-electron chi connectivity index (χ0n) is 20.3. The molecular weight excluding hydrogens is 447 g/mol. The van der Waals surface area contributed by atoms with Gasteiger partial charge in [0, 0.05) is 12.0 Å². The molecule has 0 spiro atoms. The molecule has 1 N–H and O–H groups in total. The number of carboxylic acids is 1. The number of carboxylic acid groups (broad SMARTS) is 1. The Morgan fingerprint density at radius 1 is 0.943 bits per heavy atom. The third kappa shape index (κ3) is 7.97. The van der Waals surface area contributed by atoms with Gasteiger partial charge in [-0.3, -0.25) is 4.79 Å². The summed E-state index contributed by atoms with van der Waals surface area (Å²) in [4.78, 5) is 10.8. The second-order valence-corrected chi connectivity index (χ2v) is 8.46. The van der Waals surface area contributed by atoms with Gasteiger partial charge >= 0.3 is 5.97 Å². The molecule has 0 aromatic heterocycles. The van der Waals surface area contributed by atoms with E-state index < -0.39 is 5.97 Å². The number of hydrogen-bond acceptors (Lipinski definition) is 4. The zero-order chi connectivity index (χ0) is 25.2. The van der Waals surface area contributed by atoms with Crippen molar-refractivity contribution >= 4 is 5.97 Å². The summed E-state index contributed by atoms with van der Waals surface area (Å²) < 4.78 is 31.8. The summed E-state index contributed by atoms with van der Waals surface area (Å²) >= 11 is 0. The van der Waals surface area contributed by atoms with Gasteiger partial charge in [-0.05, 0) is 78.9 Å². The molecule has 5 nitrogen and oxygen atoms in total. The number of carbonyl (C=O) groups is 1. The van der Waals surface area contributed by atoms with E-state index in [1.165, 1.54) is 6.07 Å². The van der Waals surface area contributed by atoms with Crippen molar-refractivity contribution in [3.63, 3.8) is 0 Å². The van der Waals surface area contributed by atoms with E-state index >= 15 is 0 Å². The van der Waals surface area contributed by atoms with Crippen LogP contribution in [0.3, 0.4) is 0 Å². The molecule has 0 amide bonds. The average molecular weight is 479 g/mol. The highest BCUT2D eigenvalue weighted by atomic mass is 19.1. The predicted molar refractivity (Wildman–Crippen MR) is 134 cm³/mol. The first-order valence-electron chi connectivity index (χ1n) is 11.5. The fraction of sp³-hybridized carbons (Fsp3) is 0.276. The topological polar surface area (TPSA) is 65.0 Å². The monoisotopic (exact) mass is 478 g/mol. The van der Waals surface area contributed by atoms with Crippen molar-refractivity contribution in [1.82, 2.24) is 0 Å². The van der Waals surface area contributed by atoms with Crippen LogP contribution in [-0.2, 0) is 29.2 Å². The lowest BCUT2D eigenvalue weighted by atomic mass is 9.97. The van der Waals surface area contributed by atoms with E-state index in [1.807, 2.05) is 62.4 Å². The van der Waals surface area contributed by atoms with Gasteiger partial charge in [-0.1, -0.05) is 35.9 Å². The predicted octanol–water partition coefficient (Wildman–Crippen LogP) is 6.58. The van der Waals surface area contributed by atoms with Crippen LogP contribution in [0.2, 0.25) is 0 Å². The maximum absolute atomic E-state index is 14.7. The molecule has 3 rings (SSSR count).